The second kappa shape index (κ2) is 24.7. The van der Waals surface area contributed by atoms with E-state index in [4.69, 9.17) is 9.47 Å². The number of carbonyl (C=O) groups is 5. The predicted octanol–water partition coefficient (Wildman–Crippen LogP) is 4.21. The van der Waals surface area contributed by atoms with Gasteiger partial charge in [0.1, 0.15) is 19.0 Å². The first kappa shape index (κ1) is 44.6. The number of hydrogen-bond acceptors (Lipinski definition) is 10. The number of benzene rings is 1. The molecule has 1 aromatic rings. The van der Waals surface area contributed by atoms with Crippen molar-refractivity contribution in [3.63, 3.8) is 0 Å². The number of allylic oxidation sites excluding steroid dienone is 7. The highest BCUT2D eigenvalue weighted by Gasteiger charge is 2.11. The van der Waals surface area contributed by atoms with Crippen molar-refractivity contribution in [2.24, 2.45) is 4.99 Å². The van der Waals surface area contributed by atoms with Crippen LogP contribution >= 0.6 is 0 Å². The molecule has 0 heterocycles. The van der Waals surface area contributed by atoms with E-state index < -0.39 is 23.8 Å². The van der Waals surface area contributed by atoms with Gasteiger partial charge >= 0.3 is 6.09 Å². The first-order valence-electron chi connectivity index (χ1n) is 16.5. The van der Waals surface area contributed by atoms with E-state index in [9.17, 15) is 24.0 Å². The van der Waals surface area contributed by atoms with Crippen LogP contribution in [0.5, 0.6) is 0 Å². The van der Waals surface area contributed by atoms with Crippen molar-refractivity contribution in [2.75, 3.05) is 39.1 Å². The zero-order valence-corrected chi connectivity index (χ0v) is 31.3. The molecule has 5 amide bonds. The second-order valence-electron chi connectivity index (χ2n) is 11.3. The third-order valence-corrected chi connectivity index (χ3v) is 6.49. The summed E-state index contributed by atoms with van der Waals surface area (Å²) >= 11 is 0. The number of amides is 5. The third kappa shape index (κ3) is 20.8. The maximum atomic E-state index is 12.7. The summed E-state index contributed by atoms with van der Waals surface area (Å²) in [6, 6.07) is 5.31. The number of aliphatic imine (C=N–C) groups is 1. The molecule has 0 spiro atoms. The summed E-state index contributed by atoms with van der Waals surface area (Å²) in [5, 5.41) is 12.9. The number of nitrogens with zero attached hydrogens (tertiary/aromatic N) is 2. The van der Waals surface area contributed by atoms with Gasteiger partial charge in [-0.25, -0.2) is 4.79 Å². The van der Waals surface area contributed by atoms with Crippen molar-refractivity contribution in [2.45, 2.75) is 47.3 Å². The van der Waals surface area contributed by atoms with Crippen LogP contribution in [-0.4, -0.2) is 74.6 Å². The Morgan fingerprint density at radius 2 is 1.43 bits per heavy atom. The lowest BCUT2D eigenvalue weighted by Gasteiger charge is -2.14. The fourth-order valence-electron chi connectivity index (χ4n) is 3.89. The minimum Gasteiger partial charge on any atom is -0.493 e. The van der Waals surface area contributed by atoms with Crippen molar-refractivity contribution in [3.05, 3.63) is 114 Å². The van der Waals surface area contributed by atoms with Crippen LogP contribution in [0.25, 0.3) is 0 Å². The van der Waals surface area contributed by atoms with Gasteiger partial charge in [0.05, 0.1) is 32.5 Å². The molecule has 0 atom stereocenters. The van der Waals surface area contributed by atoms with Crippen LogP contribution in [0.4, 0.5) is 10.5 Å². The maximum absolute atomic E-state index is 12.7. The first-order valence-corrected chi connectivity index (χ1v) is 16.5. The van der Waals surface area contributed by atoms with E-state index >= 15 is 0 Å². The molecule has 0 bridgehead atoms. The van der Waals surface area contributed by atoms with Crippen LogP contribution in [0.2, 0.25) is 0 Å². The first-order chi connectivity index (χ1) is 25.1. The molecule has 1 rings (SSSR count). The molecule has 15 nitrogen and oxygen atoms in total. The van der Waals surface area contributed by atoms with Crippen LogP contribution in [0.15, 0.2) is 108 Å². The highest BCUT2D eigenvalue weighted by molar-refractivity contribution is 5.95. The smallest absolute Gasteiger partial charge is 0.413 e. The Labute approximate surface area is 311 Å². The summed E-state index contributed by atoms with van der Waals surface area (Å²) in [5.74, 6) is -1.06. The van der Waals surface area contributed by atoms with Crippen LogP contribution in [-0.2, 0) is 46.6 Å². The van der Waals surface area contributed by atoms with Gasteiger partial charge in [-0.1, -0.05) is 32.7 Å². The Morgan fingerprint density at radius 1 is 0.830 bits per heavy atom. The normalized spacial score (nSPS) is 11.5. The van der Waals surface area contributed by atoms with Crippen molar-refractivity contribution >= 4 is 41.6 Å². The fourth-order valence-corrected chi connectivity index (χ4v) is 3.89. The lowest BCUT2D eigenvalue weighted by atomic mass is 10.1. The average Bonchev–Trinajstić information content (AvgIpc) is 3.11. The van der Waals surface area contributed by atoms with E-state index in [2.05, 4.69) is 56.1 Å². The summed E-state index contributed by atoms with van der Waals surface area (Å²) in [7, 11) is 2.84. The van der Waals surface area contributed by atoms with Gasteiger partial charge in [-0.15, -0.1) is 0 Å². The van der Waals surface area contributed by atoms with Gasteiger partial charge in [-0.3, -0.25) is 29.1 Å². The molecule has 5 N–H and O–H groups in total. The number of likely N-dealkylation sites (N-methyl/N-ethyl adjacent to an activating group) is 1. The predicted molar refractivity (Wildman–Crippen MR) is 205 cm³/mol. The number of methoxy groups -OCH3 is 1. The SMILES string of the molecule is C=C(/C=C(\C)OCc1cc(COC(=C)/C=C(C)/N=C\CC)cc(NC(=O)CNC(=O)CNC(=O)CNC(C)=O)c1)N/C=C\C=C/C(=C)N(C)C(=O)OC. The zero-order valence-electron chi connectivity index (χ0n) is 31.3. The largest absolute Gasteiger partial charge is 0.493 e. The number of nitrogens with one attached hydrogen (secondary N) is 5. The Kier molecular flexibility index (Phi) is 20.8. The van der Waals surface area contributed by atoms with E-state index in [0.29, 0.717) is 39.7 Å². The van der Waals surface area contributed by atoms with Gasteiger partial charge in [0.15, 0.2) is 0 Å². The van der Waals surface area contributed by atoms with E-state index in [0.717, 1.165) is 12.1 Å². The minimum atomic E-state index is -0.586. The number of ether oxygens (including phenoxy) is 3. The van der Waals surface area contributed by atoms with Gasteiger partial charge < -0.3 is 40.8 Å². The zero-order chi connectivity index (χ0) is 39.8. The highest BCUT2D eigenvalue weighted by atomic mass is 16.5. The van der Waals surface area contributed by atoms with Gasteiger partial charge in [0, 0.05) is 55.2 Å². The van der Waals surface area contributed by atoms with Crippen molar-refractivity contribution in [3.8, 4) is 0 Å². The average molecular weight is 734 g/mol. The van der Waals surface area contributed by atoms with Gasteiger partial charge in [-0.05, 0) is 67.8 Å². The monoisotopic (exact) mass is 733 g/mol. The van der Waals surface area contributed by atoms with Crippen LogP contribution in [0.3, 0.4) is 0 Å². The molecule has 15 heteroatoms. The van der Waals surface area contributed by atoms with E-state index in [1.807, 2.05) is 19.9 Å². The molecule has 0 saturated heterocycles. The summed E-state index contributed by atoms with van der Waals surface area (Å²) in [4.78, 5) is 64.6. The molecule has 0 aromatic heterocycles. The summed E-state index contributed by atoms with van der Waals surface area (Å²) in [6.07, 6.45) is 12.2. The Balaban J connectivity index is 2.93. The number of rotatable bonds is 22. The van der Waals surface area contributed by atoms with Gasteiger partial charge in [0.2, 0.25) is 23.6 Å². The topological polar surface area (TPSA) is 189 Å². The molecule has 286 valence electrons. The Hall–Kier alpha value is -6.38. The standard InChI is InChI=1S/C38H51N7O8/c1-10-14-39-26(2)16-29(5)52-24-32-18-33(20-34(19-32)44-37(49)23-43-36(48)22-42-35(47)21-41-31(7)46)25-53-30(6)17-27(3)40-15-12-11-13-28(4)45(8)38(50)51-9/h11-20,40H,3-5,10,21-25H2,1-2,6-9H3,(H,41,46)(H,42,47)(H,43,48)(H,44,49)/b13-11-,15-12-,26-16+,30-17+,39-14-. The van der Waals surface area contributed by atoms with Crippen LogP contribution in [0.1, 0.15) is 45.2 Å². The second-order valence-corrected chi connectivity index (χ2v) is 11.3. The Morgan fingerprint density at radius 3 is 2.04 bits per heavy atom. The molecule has 0 aliphatic heterocycles. The number of hydrogen-bond donors (Lipinski definition) is 5. The minimum absolute atomic E-state index is 0.133. The van der Waals surface area contributed by atoms with Crippen molar-refractivity contribution in [1.82, 2.24) is 26.2 Å². The Bertz CT molecular complexity index is 1660. The summed E-state index contributed by atoms with van der Waals surface area (Å²) in [5.41, 5.74) is 3.59. The molecule has 53 heavy (non-hydrogen) atoms. The molecular weight excluding hydrogens is 682 g/mol. The van der Waals surface area contributed by atoms with Gasteiger partial charge in [0.25, 0.3) is 0 Å². The van der Waals surface area contributed by atoms with Gasteiger partial charge in [-0.2, -0.15) is 0 Å². The summed E-state index contributed by atoms with van der Waals surface area (Å²) in [6.45, 7) is 17.9. The number of anilines is 1. The van der Waals surface area contributed by atoms with E-state index in [1.165, 1.54) is 18.9 Å². The van der Waals surface area contributed by atoms with Crippen LogP contribution in [0, 0.1) is 0 Å². The molecule has 0 radical (unpaired) electrons. The van der Waals surface area contributed by atoms with Crippen LogP contribution < -0.4 is 26.6 Å². The summed E-state index contributed by atoms with van der Waals surface area (Å²) < 4.78 is 16.4. The number of carbonyl (C=O) groups excluding carboxylic acids is 5. The molecule has 0 saturated carbocycles. The van der Waals surface area contributed by atoms with E-state index in [-0.39, 0.29) is 38.8 Å². The molecule has 0 unspecified atom stereocenters. The molecule has 0 fully saturated rings. The highest BCUT2D eigenvalue weighted by Crippen LogP contribution is 2.19. The van der Waals surface area contributed by atoms with Crippen molar-refractivity contribution in [1.29, 1.82) is 0 Å². The lowest BCUT2D eigenvalue weighted by Crippen LogP contribution is -2.43. The van der Waals surface area contributed by atoms with Crippen molar-refractivity contribution < 1.29 is 38.2 Å². The lowest BCUT2D eigenvalue weighted by molar-refractivity contribution is -0.127. The molecule has 1 aromatic carbocycles. The quantitative estimate of drug-likeness (QED) is 0.0661. The fraction of sp³-hybridized carbons (Fsp3) is 0.316. The molecule has 0 aliphatic rings. The van der Waals surface area contributed by atoms with E-state index in [1.54, 1.807) is 68.9 Å². The molecule has 0 aliphatic carbocycles. The maximum Gasteiger partial charge on any atom is 0.413 e. The third-order valence-electron chi connectivity index (χ3n) is 6.49. The molecular formula is C38H51N7O8.